The minimum Gasteiger partial charge on any atom is -0.458 e. The Hall–Kier alpha value is -1.19. The van der Waals surface area contributed by atoms with Crippen molar-refractivity contribution in [2.75, 3.05) is 0 Å². The van der Waals surface area contributed by atoms with E-state index in [4.69, 9.17) is 18.4 Å². The van der Waals surface area contributed by atoms with Crippen LogP contribution in [0.1, 0.15) is 46.5 Å². The molecule has 6 unspecified atom stereocenters. The third-order valence-corrected chi connectivity index (χ3v) is 7.99. The van der Waals surface area contributed by atoms with E-state index in [9.17, 15) is 18.0 Å². The molecule has 0 aromatic heterocycles. The van der Waals surface area contributed by atoms with Gasteiger partial charge in [0.25, 0.3) is 10.1 Å². The summed E-state index contributed by atoms with van der Waals surface area (Å²) in [5.74, 6) is -2.08. The van der Waals surface area contributed by atoms with Crippen LogP contribution in [-0.4, -0.2) is 55.6 Å². The van der Waals surface area contributed by atoms with Gasteiger partial charge in [-0.3, -0.25) is 13.8 Å². The van der Waals surface area contributed by atoms with Crippen LogP contribution in [0, 0.1) is 11.8 Å². The molecule has 26 heavy (non-hydrogen) atoms. The number of ether oxygens (including phenoxy) is 3. The molecule has 4 rings (SSSR count). The zero-order chi connectivity index (χ0) is 18.9. The topological polar surface area (TPSA) is 105 Å². The molecule has 0 amide bonds. The molecule has 146 valence electrons. The lowest BCUT2D eigenvalue weighted by molar-refractivity contribution is -0.175. The van der Waals surface area contributed by atoms with E-state index in [-0.39, 0.29) is 5.92 Å². The number of esters is 2. The van der Waals surface area contributed by atoms with Crippen molar-refractivity contribution in [3.63, 3.8) is 0 Å². The van der Waals surface area contributed by atoms with Crippen molar-refractivity contribution in [2.45, 2.75) is 81.7 Å². The van der Waals surface area contributed by atoms with Gasteiger partial charge >= 0.3 is 11.9 Å². The highest BCUT2D eigenvalue weighted by Gasteiger charge is 2.74. The Morgan fingerprint density at radius 2 is 1.77 bits per heavy atom. The molecular weight excluding hydrogens is 364 g/mol. The first-order valence-corrected chi connectivity index (χ1v) is 10.6. The van der Waals surface area contributed by atoms with Crippen molar-refractivity contribution in [3.05, 3.63) is 0 Å². The van der Waals surface area contributed by atoms with Crippen molar-refractivity contribution in [2.24, 2.45) is 11.8 Å². The molecule has 0 radical (unpaired) electrons. The Morgan fingerprint density at radius 1 is 1.12 bits per heavy atom. The Bertz CT molecular complexity index is 723. The summed E-state index contributed by atoms with van der Waals surface area (Å²) >= 11 is 0. The fraction of sp³-hybridized carbons (Fsp3) is 0.882. The summed E-state index contributed by atoms with van der Waals surface area (Å²) < 4.78 is 46.8. The summed E-state index contributed by atoms with van der Waals surface area (Å²) in [6.07, 6.45) is 0.0308. The first kappa shape index (κ1) is 18.2. The van der Waals surface area contributed by atoms with Crippen LogP contribution in [0.4, 0.5) is 0 Å². The molecule has 4 aliphatic rings. The fourth-order valence-corrected chi connectivity index (χ4v) is 6.79. The smallest absolute Gasteiger partial charge is 0.313 e. The van der Waals surface area contributed by atoms with Crippen molar-refractivity contribution in [1.82, 2.24) is 0 Å². The SMILES string of the molecule is CC(=O)OC1C2OS(=O)(=O)C3C2OC1C3C(=O)OC1(C(C)C)CCCC1. The van der Waals surface area contributed by atoms with Gasteiger partial charge in [-0.05, 0) is 31.6 Å². The molecular formula is C17H24O8S. The van der Waals surface area contributed by atoms with Gasteiger partial charge in [0.2, 0.25) is 0 Å². The van der Waals surface area contributed by atoms with Gasteiger partial charge in [-0.2, -0.15) is 8.42 Å². The normalized spacial score (nSPS) is 41.5. The van der Waals surface area contributed by atoms with E-state index >= 15 is 0 Å². The largest absolute Gasteiger partial charge is 0.458 e. The van der Waals surface area contributed by atoms with E-state index in [0.29, 0.717) is 0 Å². The zero-order valence-electron chi connectivity index (χ0n) is 15.0. The first-order valence-electron chi connectivity index (χ1n) is 9.14. The van der Waals surface area contributed by atoms with E-state index in [1.807, 2.05) is 13.8 Å². The van der Waals surface area contributed by atoms with Gasteiger partial charge in [0.05, 0.1) is 0 Å². The molecule has 1 aliphatic carbocycles. The summed E-state index contributed by atoms with van der Waals surface area (Å²) in [6.45, 7) is 5.23. The maximum Gasteiger partial charge on any atom is 0.313 e. The fourth-order valence-electron chi connectivity index (χ4n) is 4.96. The summed E-state index contributed by atoms with van der Waals surface area (Å²) in [5.41, 5.74) is -0.571. The van der Waals surface area contributed by atoms with Crippen molar-refractivity contribution in [3.8, 4) is 0 Å². The first-order chi connectivity index (χ1) is 12.2. The maximum absolute atomic E-state index is 13.0. The van der Waals surface area contributed by atoms with Crippen LogP contribution in [0.15, 0.2) is 0 Å². The van der Waals surface area contributed by atoms with Gasteiger partial charge in [0.1, 0.15) is 35.1 Å². The molecule has 0 aromatic carbocycles. The highest BCUT2D eigenvalue weighted by molar-refractivity contribution is 7.87. The predicted molar refractivity (Wildman–Crippen MR) is 87.4 cm³/mol. The quantitative estimate of drug-likeness (QED) is 0.517. The van der Waals surface area contributed by atoms with Crippen LogP contribution in [-0.2, 0) is 38.1 Å². The van der Waals surface area contributed by atoms with E-state index < -0.39 is 63.2 Å². The highest BCUT2D eigenvalue weighted by atomic mass is 32.2. The second-order valence-corrected chi connectivity index (χ2v) is 9.75. The highest BCUT2D eigenvalue weighted by Crippen LogP contribution is 2.52. The molecule has 1 saturated carbocycles. The van der Waals surface area contributed by atoms with Crippen LogP contribution in [0.2, 0.25) is 0 Å². The third kappa shape index (κ3) is 2.51. The van der Waals surface area contributed by atoms with Crippen LogP contribution < -0.4 is 0 Å². The minimum absolute atomic E-state index is 0.127. The molecule has 0 aromatic rings. The molecule has 2 bridgehead atoms. The van der Waals surface area contributed by atoms with Gasteiger partial charge in [-0.15, -0.1) is 0 Å². The molecule has 4 fully saturated rings. The number of carbonyl (C=O) groups is 2. The van der Waals surface area contributed by atoms with Crippen LogP contribution in [0.5, 0.6) is 0 Å². The Morgan fingerprint density at radius 3 is 2.35 bits per heavy atom. The monoisotopic (exact) mass is 388 g/mol. The van der Waals surface area contributed by atoms with E-state index in [1.165, 1.54) is 6.92 Å². The Balaban J connectivity index is 1.63. The predicted octanol–water partition coefficient (Wildman–Crippen LogP) is 0.924. The standard InChI is InChI=1S/C17H24O8S/c1-8(2)17(6-4-5-7-17)24-16(19)10-11-12(22-9(3)18)13-14(23-11)15(10)26(20,21)25-13/h8,10-15H,4-7H2,1-3H3. The maximum atomic E-state index is 13.0. The van der Waals surface area contributed by atoms with E-state index in [2.05, 4.69) is 0 Å². The van der Waals surface area contributed by atoms with Crippen molar-refractivity contribution >= 4 is 22.1 Å². The molecule has 3 aliphatic heterocycles. The number of carbonyl (C=O) groups excluding carboxylic acids is 2. The number of rotatable bonds is 4. The molecule has 8 nitrogen and oxygen atoms in total. The van der Waals surface area contributed by atoms with Crippen LogP contribution in [0.3, 0.4) is 0 Å². The molecule has 6 atom stereocenters. The number of fused-ring (bicyclic) bond motifs is 1. The second-order valence-electron chi connectivity index (χ2n) is 8.03. The summed E-state index contributed by atoms with van der Waals surface area (Å²) in [7, 11) is -3.99. The van der Waals surface area contributed by atoms with Gasteiger partial charge in [0.15, 0.2) is 6.10 Å². The molecule has 9 heteroatoms. The minimum atomic E-state index is -3.99. The Labute approximate surface area is 152 Å². The van der Waals surface area contributed by atoms with Crippen LogP contribution >= 0.6 is 0 Å². The molecule has 0 spiro atoms. The molecule has 0 N–H and O–H groups in total. The molecule has 3 saturated heterocycles. The van der Waals surface area contributed by atoms with Gasteiger partial charge in [-0.1, -0.05) is 13.8 Å². The second kappa shape index (κ2) is 5.90. The molecule has 3 heterocycles. The third-order valence-electron chi connectivity index (χ3n) is 6.28. The number of hydrogen-bond acceptors (Lipinski definition) is 8. The Kier molecular flexibility index (Phi) is 4.13. The van der Waals surface area contributed by atoms with Gasteiger partial charge < -0.3 is 14.2 Å². The average molecular weight is 388 g/mol. The zero-order valence-corrected chi connectivity index (χ0v) is 15.9. The lowest BCUT2D eigenvalue weighted by Gasteiger charge is -2.36. The lowest BCUT2D eigenvalue weighted by Crippen LogP contribution is -2.52. The average Bonchev–Trinajstić information content (AvgIpc) is 3.24. The van der Waals surface area contributed by atoms with Gasteiger partial charge in [-0.25, -0.2) is 0 Å². The summed E-state index contributed by atoms with van der Waals surface area (Å²) in [6, 6.07) is 0. The van der Waals surface area contributed by atoms with Crippen molar-refractivity contribution in [1.29, 1.82) is 0 Å². The van der Waals surface area contributed by atoms with E-state index in [1.54, 1.807) is 0 Å². The van der Waals surface area contributed by atoms with Gasteiger partial charge in [0, 0.05) is 6.92 Å². The lowest BCUT2D eigenvalue weighted by atomic mass is 9.83. The van der Waals surface area contributed by atoms with Crippen molar-refractivity contribution < 1.29 is 36.4 Å². The van der Waals surface area contributed by atoms with E-state index in [0.717, 1.165) is 25.7 Å². The summed E-state index contributed by atoms with van der Waals surface area (Å²) in [4.78, 5) is 24.5. The summed E-state index contributed by atoms with van der Waals surface area (Å²) in [5, 5.41) is -1.09. The number of hydrogen-bond donors (Lipinski definition) is 0. The van der Waals surface area contributed by atoms with Crippen LogP contribution in [0.25, 0.3) is 0 Å².